The van der Waals surface area contributed by atoms with Gasteiger partial charge in [0.05, 0.1) is 11.3 Å². The van der Waals surface area contributed by atoms with E-state index >= 15 is 0 Å². The van der Waals surface area contributed by atoms with Gasteiger partial charge in [0.2, 0.25) is 6.29 Å². The molecule has 3 aromatic rings. The van der Waals surface area contributed by atoms with Gasteiger partial charge in [-0.25, -0.2) is 14.6 Å². The van der Waals surface area contributed by atoms with Crippen molar-refractivity contribution < 1.29 is 44.3 Å². The van der Waals surface area contributed by atoms with Gasteiger partial charge in [-0.3, -0.25) is 14.7 Å². The van der Waals surface area contributed by atoms with Crippen LogP contribution in [-0.4, -0.2) is 85.6 Å². The van der Waals surface area contributed by atoms with Crippen LogP contribution in [0.5, 0.6) is 0 Å². The Morgan fingerprint density at radius 3 is 2.51 bits per heavy atom. The number of hydrogen-bond acceptors (Lipinski definition) is 11. The molecule has 226 valence electrons. The number of aliphatic carboxylic acids is 1. The number of aliphatic hydroxyl groups is 3. The number of rotatable bonds is 7. The number of carbonyl (C=O) groups is 3. The highest BCUT2D eigenvalue weighted by molar-refractivity contribution is 6.08. The van der Waals surface area contributed by atoms with Crippen molar-refractivity contribution in [3.8, 4) is 0 Å². The zero-order chi connectivity index (χ0) is 30.9. The highest BCUT2D eigenvalue weighted by Crippen LogP contribution is 2.42. The van der Waals surface area contributed by atoms with E-state index in [0.29, 0.717) is 29.3 Å². The van der Waals surface area contributed by atoms with Gasteiger partial charge in [0.15, 0.2) is 6.10 Å². The van der Waals surface area contributed by atoms with E-state index in [-0.39, 0.29) is 6.54 Å². The molecular weight excluding hydrogens is 562 g/mol. The molecule has 0 bridgehead atoms. The molecule has 4 heterocycles. The Hall–Kier alpha value is -4.63. The average molecular weight is 594 g/mol. The maximum atomic E-state index is 13.3. The Kier molecular flexibility index (Phi) is 8.28. The molecule has 2 aromatic heterocycles. The molecule has 0 spiro atoms. The fraction of sp³-hybridized carbons (Fsp3) is 0.345. The SMILES string of the molecule is CC1(C)CN(C(=O)O[C@@H]2O[C@H](C(=O)O)[C@@H](O)[C@H](O)[C@H]2O)c2cc(NC(=O)c3cccnc3NCc3ccncc3)ccc21. The highest BCUT2D eigenvalue weighted by Gasteiger charge is 2.49. The lowest BCUT2D eigenvalue weighted by atomic mass is 9.87. The lowest BCUT2D eigenvalue weighted by Gasteiger charge is -2.38. The van der Waals surface area contributed by atoms with E-state index in [1.54, 1.807) is 48.9 Å². The van der Waals surface area contributed by atoms with E-state index in [9.17, 15) is 34.8 Å². The summed E-state index contributed by atoms with van der Waals surface area (Å²) in [6.45, 7) is 4.38. The number of carbonyl (C=O) groups excluding carboxylic acids is 2. The van der Waals surface area contributed by atoms with Gasteiger partial charge in [0, 0.05) is 42.8 Å². The standard InChI is InChI=1S/C29H31N5O9/c1-29(2)14-34(28(41)43-27-22(37)20(35)21(36)23(42-27)26(39)40)19-12-16(5-6-18(19)29)33-25(38)17-4-3-9-31-24(17)32-13-15-7-10-30-11-8-15/h3-12,20-23,27,35-37H,13-14H2,1-2H3,(H,31,32)(H,33,38)(H,39,40)/t20-,21-,22+,23-,27-/m0/s1. The van der Waals surface area contributed by atoms with Crippen LogP contribution >= 0.6 is 0 Å². The van der Waals surface area contributed by atoms with Crippen LogP contribution in [0.15, 0.2) is 61.1 Å². The number of nitrogens with one attached hydrogen (secondary N) is 2. The zero-order valence-electron chi connectivity index (χ0n) is 23.2. The molecular formula is C29H31N5O9. The summed E-state index contributed by atoms with van der Waals surface area (Å²) < 4.78 is 10.4. The monoisotopic (exact) mass is 593 g/mol. The number of benzene rings is 1. The molecule has 14 heteroatoms. The van der Waals surface area contributed by atoms with E-state index in [1.807, 2.05) is 26.0 Å². The van der Waals surface area contributed by atoms with Gasteiger partial charge in [-0.1, -0.05) is 19.9 Å². The minimum atomic E-state index is -1.92. The number of aromatic nitrogens is 2. The number of aliphatic hydroxyl groups excluding tert-OH is 3. The maximum absolute atomic E-state index is 13.3. The molecule has 1 aromatic carbocycles. The van der Waals surface area contributed by atoms with Crippen molar-refractivity contribution >= 4 is 35.2 Å². The molecule has 5 rings (SSSR count). The molecule has 43 heavy (non-hydrogen) atoms. The van der Waals surface area contributed by atoms with E-state index in [0.717, 1.165) is 11.1 Å². The minimum Gasteiger partial charge on any atom is -0.479 e. The van der Waals surface area contributed by atoms with Crippen molar-refractivity contribution in [3.05, 3.63) is 77.7 Å². The van der Waals surface area contributed by atoms with Gasteiger partial charge < -0.3 is 40.5 Å². The molecule has 1 saturated heterocycles. The lowest BCUT2D eigenvalue weighted by molar-refractivity contribution is -0.277. The van der Waals surface area contributed by atoms with Crippen molar-refractivity contribution in [2.24, 2.45) is 0 Å². The predicted octanol–water partition coefficient (Wildman–Crippen LogP) is 1.47. The van der Waals surface area contributed by atoms with Crippen LogP contribution in [0.3, 0.4) is 0 Å². The fourth-order valence-electron chi connectivity index (χ4n) is 5.06. The summed E-state index contributed by atoms with van der Waals surface area (Å²) in [5.74, 6) is -1.66. The van der Waals surface area contributed by atoms with Crippen molar-refractivity contribution in [3.63, 3.8) is 0 Å². The molecule has 2 amide bonds. The molecule has 5 atom stereocenters. The average Bonchev–Trinajstić information content (AvgIpc) is 3.26. The van der Waals surface area contributed by atoms with Crippen LogP contribution in [0.25, 0.3) is 0 Å². The first-order valence-corrected chi connectivity index (χ1v) is 13.4. The highest BCUT2D eigenvalue weighted by atomic mass is 16.7. The van der Waals surface area contributed by atoms with Gasteiger partial charge in [0.25, 0.3) is 5.91 Å². The third kappa shape index (κ3) is 6.12. The van der Waals surface area contributed by atoms with Gasteiger partial charge in [-0.15, -0.1) is 0 Å². The maximum Gasteiger partial charge on any atom is 0.416 e. The summed E-state index contributed by atoms with van der Waals surface area (Å²) in [6, 6.07) is 12.0. The lowest BCUT2D eigenvalue weighted by Crippen LogP contribution is -2.61. The first-order chi connectivity index (χ1) is 20.5. The van der Waals surface area contributed by atoms with Crippen molar-refractivity contribution in [1.29, 1.82) is 0 Å². The summed E-state index contributed by atoms with van der Waals surface area (Å²) >= 11 is 0. The van der Waals surface area contributed by atoms with E-state index in [1.165, 1.54) is 4.90 Å². The third-order valence-corrected chi connectivity index (χ3v) is 7.34. The zero-order valence-corrected chi connectivity index (χ0v) is 23.2. The van der Waals surface area contributed by atoms with Crippen LogP contribution in [0, 0.1) is 0 Å². The van der Waals surface area contributed by atoms with Gasteiger partial charge in [-0.05, 0) is 47.5 Å². The number of ether oxygens (including phenoxy) is 2. The number of fused-ring (bicyclic) bond motifs is 1. The molecule has 14 nitrogen and oxygen atoms in total. The van der Waals surface area contributed by atoms with Crippen LogP contribution < -0.4 is 15.5 Å². The fourth-order valence-corrected chi connectivity index (χ4v) is 5.06. The van der Waals surface area contributed by atoms with Crippen LogP contribution in [0.2, 0.25) is 0 Å². The first-order valence-electron chi connectivity index (χ1n) is 13.4. The Bertz CT molecular complexity index is 1520. The van der Waals surface area contributed by atoms with Gasteiger partial charge in [0.1, 0.15) is 24.1 Å². The van der Waals surface area contributed by atoms with Crippen molar-refractivity contribution in [2.45, 2.75) is 56.5 Å². The van der Waals surface area contributed by atoms with E-state index < -0.39 is 54.1 Å². The Morgan fingerprint density at radius 2 is 1.79 bits per heavy atom. The number of carboxylic acids is 1. The van der Waals surface area contributed by atoms with Crippen LogP contribution in [-0.2, 0) is 26.2 Å². The Balaban J connectivity index is 1.33. The number of pyridine rings is 2. The van der Waals surface area contributed by atoms with E-state index in [2.05, 4.69) is 20.6 Å². The molecule has 0 saturated carbocycles. The smallest absolute Gasteiger partial charge is 0.416 e. The first kappa shape index (κ1) is 29.8. The molecule has 0 radical (unpaired) electrons. The molecule has 6 N–H and O–H groups in total. The second kappa shape index (κ2) is 11.9. The third-order valence-electron chi connectivity index (χ3n) is 7.34. The quantitative estimate of drug-likeness (QED) is 0.231. The number of carboxylic acid groups (broad SMARTS) is 1. The molecule has 2 aliphatic heterocycles. The largest absolute Gasteiger partial charge is 0.479 e. The Morgan fingerprint density at radius 1 is 1.05 bits per heavy atom. The van der Waals surface area contributed by atoms with Crippen molar-refractivity contribution in [2.75, 3.05) is 22.1 Å². The summed E-state index contributed by atoms with van der Waals surface area (Å²) in [6.07, 6.45) is -5.59. The minimum absolute atomic E-state index is 0.153. The summed E-state index contributed by atoms with van der Waals surface area (Å²) in [5, 5.41) is 45.6. The van der Waals surface area contributed by atoms with Gasteiger partial charge in [-0.2, -0.15) is 0 Å². The molecule has 0 aliphatic carbocycles. The van der Waals surface area contributed by atoms with Crippen molar-refractivity contribution in [1.82, 2.24) is 9.97 Å². The van der Waals surface area contributed by atoms with E-state index in [4.69, 9.17) is 9.47 Å². The molecule has 0 unspecified atom stereocenters. The summed E-state index contributed by atoms with van der Waals surface area (Å²) in [4.78, 5) is 47.5. The molecule has 2 aliphatic rings. The normalized spacial score (nSPS) is 24.1. The second-order valence-electron chi connectivity index (χ2n) is 10.9. The summed E-state index contributed by atoms with van der Waals surface area (Å²) in [5.41, 5.74) is 2.28. The predicted molar refractivity (Wildman–Crippen MR) is 151 cm³/mol. The second-order valence-corrected chi connectivity index (χ2v) is 10.9. The topological polar surface area (TPSA) is 204 Å². The molecule has 1 fully saturated rings. The number of hydrogen-bond donors (Lipinski definition) is 6. The van der Waals surface area contributed by atoms with Gasteiger partial charge >= 0.3 is 12.1 Å². The summed E-state index contributed by atoms with van der Waals surface area (Å²) in [7, 11) is 0. The van der Waals surface area contributed by atoms with Crippen LogP contribution in [0.1, 0.15) is 35.3 Å². The number of amides is 2. The van der Waals surface area contributed by atoms with Crippen LogP contribution in [0.4, 0.5) is 22.0 Å². The number of anilines is 3. The number of nitrogens with zero attached hydrogens (tertiary/aromatic N) is 3. The Labute approximate surface area is 245 Å².